The largest absolute Gasteiger partial charge is 0.486 e. The van der Waals surface area contributed by atoms with Gasteiger partial charge in [0.2, 0.25) is 0 Å². The average molecular weight is 275 g/mol. The van der Waals surface area contributed by atoms with Crippen LogP contribution in [0.1, 0.15) is 50.5 Å². The summed E-state index contributed by atoms with van der Waals surface area (Å²) in [4.78, 5) is 0. The molecule has 0 amide bonds. The van der Waals surface area contributed by atoms with Crippen LogP contribution < -0.4 is 15.2 Å². The van der Waals surface area contributed by atoms with Gasteiger partial charge in [-0.25, -0.2) is 0 Å². The molecule has 3 nitrogen and oxygen atoms in total. The van der Waals surface area contributed by atoms with Gasteiger partial charge in [0, 0.05) is 6.04 Å². The van der Waals surface area contributed by atoms with E-state index in [-0.39, 0.29) is 6.04 Å². The minimum Gasteiger partial charge on any atom is -0.486 e. The molecular weight excluding hydrogens is 250 g/mol. The molecule has 2 aliphatic rings. The highest BCUT2D eigenvalue weighted by Crippen LogP contribution is 2.40. The van der Waals surface area contributed by atoms with Crippen LogP contribution in [0.2, 0.25) is 0 Å². The van der Waals surface area contributed by atoms with Crippen LogP contribution >= 0.6 is 0 Å². The fourth-order valence-corrected chi connectivity index (χ4v) is 3.63. The highest BCUT2D eigenvalue weighted by atomic mass is 16.6. The lowest BCUT2D eigenvalue weighted by molar-refractivity contribution is 0.171. The molecule has 1 aliphatic carbocycles. The Morgan fingerprint density at radius 1 is 1.15 bits per heavy atom. The van der Waals surface area contributed by atoms with Crippen LogP contribution in [0.15, 0.2) is 18.2 Å². The predicted octanol–water partition coefficient (Wildman–Crippen LogP) is 3.47. The smallest absolute Gasteiger partial charge is 0.161 e. The lowest BCUT2D eigenvalue weighted by Crippen LogP contribution is -2.34. The van der Waals surface area contributed by atoms with E-state index in [2.05, 4.69) is 19.1 Å². The van der Waals surface area contributed by atoms with E-state index >= 15 is 0 Å². The molecule has 110 valence electrons. The van der Waals surface area contributed by atoms with Crippen molar-refractivity contribution in [2.75, 3.05) is 13.2 Å². The van der Waals surface area contributed by atoms with Crippen molar-refractivity contribution < 1.29 is 9.47 Å². The van der Waals surface area contributed by atoms with Crippen molar-refractivity contribution in [2.45, 2.75) is 51.0 Å². The highest BCUT2D eigenvalue weighted by molar-refractivity contribution is 5.45. The number of ether oxygens (including phenoxy) is 2. The van der Waals surface area contributed by atoms with E-state index in [1.165, 1.54) is 31.2 Å². The molecule has 3 unspecified atom stereocenters. The molecule has 0 aromatic heterocycles. The van der Waals surface area contributed by atoms with Gasteiger partial charge in [-0.1, -0.05) is 25.8 Å². The zero-order valence-electron chi connectivity index (χ0n) is 12.3. The number of hydrogen-bond acceptors (Lipinski definition) is 3. The Balaban J connectivity index is 1.79. The first-order chi connectivity index (χ1) is 9.78. The van der Waals surface area contributed by atoms with Gasteiger partial charge in [-0.2, -0.15) is 0 Å². The molecule has 1 aliphatic heterocycles. The molecular formula is C17H25NO2. The van der Waals surface area contributed by atoms with Crippen molar-refractivity contribution >= 4 is 0 Å². The second kappa shape index (κ2) is 6.04. The third kappa shape index (κ3) is 2.78. The molecule has 20 heavy (non-hydrogen) atoms. The quantitative estimate of drug-likeness (QED) is 0.918. The third-order valence-electron chi connectivity index (χ3n) is 4.70. The molecule has 2 N–H and O–H groups in total. The van der Waals surface area contributed by atoms with Gasteiger partial charge in [0.15, 0.2) is 11.5 Å². The van der Waals surface area contributed by atoms with Crippen LogP contribution in [0.5, 0.6) is 11.5 Å². The van der Waals surface area contributed by atoms with E-state index in [1.54, 1.807) is 0 Å². The van der Waals surface area contributed by atoms with E-state index in [0.29, 0.717) is 19.1 Å². The first-order valence-corrected chi connectivity index (χ1v) is 7.93. The molecule has 3 heteroatoms. The Morgan fingerprint density at radius 3 is 2.75 bits per heavy atom. The molecule has 0 spiro atoms. The van der Waals surface area contributed by atoms with Crippen molar-refractivity contribution in [1.29, 1.82) is 0 Å². The molecule has 1 aromatic carbocycles. The summed E-state index contributed by atoms with van der Waals surface area (Å²) in [5.74, 6) is 3.06. The SMILES string of the molecule is CCCC1CCC(N)C(c2ccc3c(c2)OCCO3)C1. The Hall–Kier alpha value is -1.22. The molecule has 1 fully saturated rings. The summed E-state index contributed by atoms with van der Waals surface area (Å²) in [7, 11) is 0. The minimum absolute atomic E-state index is 0.283. The van der Waals surface area contributed by atoms with Crippen molar-refractivity contribution in [3.63, 3.8) is 0 Å². The average Bonchev–Trinajstić information content (AvgIpc) is 2.49. The van der Waals surface area contributed by atoms with E-state index in [1.807, 2.05) is 6.07 Å². The summed E-state index contributed by atoms with van der Waals surface area (Å²) in [5.41, 5.74) is 7.70. The summed E-state index contributed by atoms with van der Waals surface area (Å²) >= 11 is 0. The summed E-state index contributed by atoms with van der Waals surface area (Å²) in [5, 5.41) is 0. The number of nitrogens with two attached hydrogens (primary N) is 1. The fraction of sp³-hybridized carbons (Fsp3) is 0.647. The van der Waals surface area contributed by atoms with E-state index in [4.69, 9.17) is 15.2 Å². The highest BCUT2D eigenvalue weighted by Gasteiger charge is 2.29. The molecule has 1 heterocycles. The Kier molecular flexibility index (Phi) is 4.16. The van der Waals surface area contributed by atoms with Gasteiger partial charge in [-0.15, -0.1) is 0 Å². The van der Waals surface area contributed by atoms with Crippen molar-refractivity contribution in [2.24, 2.45) is 11.7 Å². The summed E-state index contributed by atoms with van der Waals surface area (Å²) in [6.45, 7) is 3.56. The van der Waals surface area contributed by atoms with Gasteiger partial charge in [0.1, 0.15) is 13.2 Å². The van der Waals surface area contributed by atoms with E-state index in [9.17, 15) is 0 Å². The topological polar surface area (TPSA) is 44.5 Å². The van der Waals surface area contributed by atoms with Gasteiger partial charge >= 0.3 is 0 Å². The van der Waals surface area contributed by atoms with Crippen LogP contribution in [0.4, 0.5) is 0 Å². The van der Waals surface area contributed by atoms with Crippen LogP contribution in [0, 0.1) is 5.92 Å². The van der Waals surface area contributed by atoms with Crippen LogP contribution in [0.25, 0.3) is 0 Å². The summed E-state index contributed by atoms with van der Waals surface area (Å²) in [6.07, 6.45) is 6.25. The van der Waals surface area contributed by atoms with Crippen LogP contribution in [-0.4, -0.2) is 19.3 Å². The standard InChI is InChI=1S/C17H25NO2/c1-2-3-12-4-6-15(18)14(10-12)13-5-7-16-17(11-13)20-9-8-19-16/h5,7,11-12,14-15H,2-4,6,8-10,18H2,1H3. The number of rotatable bonds is 3. The van der Waals surface area contributed by atoms with E-state index in [0.717, 1.165) is 23.8 Å². The molecule has 0 bridgehead atoms. The second-order valence-electron chi connectivity index (χ2n) is 6.14. The van der Waals surface area contributed by atoms with Gasteiger partial charge in [-0.05, 0) is 48.8 Å². The summed E-state index contributed by atoms with van der Waals surface area (Å²) < 4.78 is 11.3. The normalized spacial score (nSPS) is 29.2. The van der Waals surface area contributed by atoms with E-state index < -0.39 is 0 Å². The Morgan fingerprint density at radius 2 is 1.95 bits per heavy atom. The maximum atomic E-state index is 6.37. The van der Waals surface area contributed by atoms with Crippen LogP contribution in [-0.2, 0) is 0 Å². The van der Waals surface area contributed by atoms with Gasteiger partial charge in [0.25, 0.3) is 0 Å². The number of benzene rings is 1. The van der Waals surface area contributed by atoms with Crippen LogP contribution in [0.3, 0.4) is 0 Å². The first-order valence-electron chi connectivity index (χ1n) is 7.93. The fourth-order valence-electron chi connectivity index (χ4n) is 3.63. The third-order valence-corrected chi connectivity index (χ3v) is 4.70. The predicted molar refractivity (Wildman–Crippen MR) is 80.4 cm³/mol. The lowest BCUT2D eigenvalue weighted by Gasteiger charge is -2.35. The molecule has 1 saturated carbocycles. The molecule has 0 radical (unpaired) electrons. The first kappa shape index (κ1) is 13.7. The van der Waals surface area contributed by atoms with Gasteiger partial charge < -0.3 is 15.2 Å². The minimum atomic E-state index is 0.283. The Labute approximate surface area is 121 Å². The zero-order chi connectivity index (χ0) is 13.9. The van der Waals surface area contributed by atoms with Crippen molar-refractivity contribution in [3.05, 3.63) is 23.8 Å². The van der Waals surface area contributed by atoms with Crippen molar-refractivity contribution in [1.82, 2.24) is 0 Å². The molecule has 3 rings (SSSR count). The van der Waals surface area contributed by atoms with Crippen molar-refractivity contribution in [3.8, 4) is 11.5 Å². The maximum Gasteiger partial charge on any atom is 0.161 e. The van der Waals surface area contributed by atoms with Gasteiger partial charge in [-0.3, -0.25) is 0 Å². The molecule has 1 aromatic rings. The van der Waals surface area contributed by atoms with Gasteiger partial charge in [0.05, 0.1) is 0 Å². The summed E-state index contributed by atoms with van der Waals surface area (Å²) in [6, 6.07) is 6.64. The monoisotopic (exact) mass is 275 g/mol. The number of fused-ring (bicyclic) bond motifs is 1. The maximum absolute atomic E-state index is 6.37. The molecule has 0 saturated heterocycles. The Bertz CT molecular complexity index is 460. The lowest BCUT2D eigenvalue weighted by atomic mass is 9.74. The second-order valence-corrected chi connectivity index (χ2v) is 6.14. The number of hydrogen-bond donors (Lipinski definition) is 1. The molecule has 3 atom stereocenters. The zero-order valence-corrected chi connectivity index (χ0v) is 12.3.